The third-order valence-electron chi connectivity index (χ3n) is 4.48. The Hall–Kier alpha value is -3.07. The number of amides is 2. The van der Waals surface area contributed by atoms with Crippen LogP contribution in [0.2, 0.25) is 0 Å². The maximum Gasteiger partial charge on any atom is 0.268 e. The van der Waals surface area contributed by atoms with Crippen LogP contribution in [-0.2, 0) is 16.1 Å². The second-order valence-electron chi connectivity index (χ2n) is 6.38. The van der Waals surface area contributed by atoms with Crippen LogP contribution < -0.4 is 10.9 Å². The van der Waals surface area contributed by atoms with Gasteiger partial charge in [0.1, 0.15) is 16.3 Å². The maximum atomic E-state index is 13.4. The Morgan fingerprint density at radius 2 is 2.19 bits per heavy atom. The summed E-state index contributed by atoms with van der Waals surface area (Å²) in [5, 5.41) is 4.37. The summed E-state index contributed by atoms with van der Waals surface area (Å²) in [7, 11) is 1.58. The first-order valence-corrected chi connectivity index (χ1v) is 9.11. The first-order valence-electron chi connectivity index (χ1n) is 8.23. The molecule has 0 fully saturated rings. The summed E-state index contributed by atoms with van der Waals surface area (Å²) in [6.07, 6.45) is -0.0185. The summed E-state index contributed by atoms with van der Waals surface area (Å²) in [5.41, 5.74) is 1.22. The number of halogens is 1. The van der Waals surface area contributed by atoms with Gasteiger partial charge in [0, 0.05) is 19.2 Å². The number of carbonyl (C=O) groups is 2. The van der Waals surface area contributed by atoms with Crippen LogP contribution in [0.4, 0.5) is 10.1 Å². The van der Waals surface area contributed by atoms with Crippen LogP contribution in [0.5, 0.6) is 0 Å². The number of hydrogen-bond donors (Lipinski definition) is 2. The maximum absolute atomic E-state index is 13.4. The number of H-pyrrole nitrogens is 1. The average molecular weight is 386 g/mol. The largest absolute Gasteiger partial charge is 0.338 e. The van der Waals surface area contributed by atoms with Gasteiger partial charge >= 0.3 is 0 Å². The molecular weight excluding hydrogens is 371 g/mol. The summed E-state index contributed by atoms with van der Waals surface area (Å²) in [6.45, 7) is 0.0918. The van der Waals surface area contributed by atoms with Crippen LogP contribution >= 0.6 is 11.3 Å². The van der Waals surface area contributed by atoms with E-state index in [9.17, 15) is 18.8 Å². The second-order valence-corrected chi connectivity index (χ2v) is 7.29. The van der Waals surface area contributed by atoms with E-state index in [1.165, 1.54) is 34.4 Å². The quantitative estimate of drug-likeness (QED) is 0.721. The van der Waals surface area contributed by atoms with Crippen molar-refractivity contribution in [2.24, 2.45) is 0 Å². The molecule has 2 N–H and O–H groups in total. The number of rotatable bonds is 3. The molecule has 3 aromatic rings. The van der Waals surface area contributed by atoms with Crippen molar-refractivity contribution in [3.05, 3.63) is 57.2 Å². The molecule has 0 spiro atoms. The Kier molecular flexibility index (Phi) is 4.23. The number of likely N-dealkylation sites (N-methyl/N-ethyl adjacent to an activating group) is 1. The number of nitrogens with one attached hydrogen (secondary N) is 2. The highest BCUT2D eigenvalue weighted by molar-refractivity contribution is 7.17. The van der Waals surface area contributed by atoms with Crippen molar-refractivity contribution in [1.82, 2.24) is 14.9 Å². The summed E-state index contributed by atoms with van der Waals surface area (Å²) in [6, 6.07) is 5.73. The van der Waals surface area contributed by atoms with E-state index in [-0.39, 0.29) is 30.3 Å². The smallest absolute Gasteiger partial charge is 0.268 e. The van der Waals surface area contributed by atoms with E-state index < -0.39 is 11.7 Å². The van der Waals surface area contributed by atoms with Crippen molar-refractivity contribution < 1.29 is 14.0 Å². The zero-order chi connectivity index (χ0) is 19.1. The van der Waals surface area contributed by atoms with Gasteiger partial charge in [-0.3, -0.25) is 14.4 Å². The Bertz CT molecular complexity index is 1120. The number of anilines is 1. The van der Waals surface area contributed by atoms with Gasteiger partial charge in [0.15, 0.2) is 0 Å². The number of aromatic amines is 1. The van der Waals surface area contributed by atoms with Crippen LogP contribution in [0.3, 0.4) is 0 Å². The van der Waals surface area contributed by atoms with Crippen molar-refractivity contribution in [1.29, 1.82) is 0 Å². The van der Waals surface area contributed by atoms with Crippen molar-refractivity contribution in [3.63, 3.8) is 0 Å². The summed E-state index contributed by atoms with van der Waals surface area (Å²) in [4.78, 5) is 45.4. The summed E-state index contributed by atoms with van der Waals surface area (Å²) in [5.74, 6) is -1.48. The highest BCUT2D eigenvalue weighted by Gasteiger charge is 2.33. The van der Waals surface area contributed by atoms with Gasteiger partial charge in [-0.1, -0.05) is 6.07 Å². The van der Waals surface area contributed by atoms with Crippen molar-refractivity contribution in [2.75, 3.05) is 12.4 Å². The van der Waals surface area contributed by atoms with Gasteiger partial charge in [0.2, 0.25) is 11.8 Å². The predicted molar refractivity (Wildman–Crippen MR) is 99.1 cm³/mol. The van der Waals surface area contributed by atoms with E-state index in [4.69, 9.17) is 0 Å². The normalized spacial score (nSPS) is 16.1. The van der Waals surface area contributed by atoms with Crippen LogP contribution in [0, 0.1) is 5.82 Å². The molecule has 0 saturated heterocycles. The zero-order valence-electron chi connectivity index (χ0n) is 14.3. The Morgan fingerprint density at radius 1 is 1.37 bits per heavy atom. The minimum Gasteiger partial charge on any atom is -0.338 e. The lowest BCUT2D eigenvalue weighted by Crippen LogP contribution is -2.36. The molecule has 2 aromatic heterocycles. The fourth-order valence-electron chi connectivity index (χ4n) is 3.22. The van der Waals surface area contributed by atoms with Gasteiger partial charge in [-0.25, -0.2) is 9.37 Å². The lowest BCUT2D eigenvalue weighted by atomic mass is 9.89. The van der Waals surface area contributed by atoms with Crippen molar-refractivity contribution >= 4 is 39.1 Å². The van der Waals surface area contributed by atoms with E-state index in [0.717, 1.165) is 0 Å². The number of carbonyl (C=O) groups excluding carboxylic acids is 2. The Balaban J connectivity index is 1.60. The molecule has 3 heterocycles. The molecule has 9 heteroatoms. The second kappa shape index (κ2) is 6.58. The molecule has 0 unspecified atom stereocenters. The molecule has 0 saturated carbocycles. The zero-order valence-corrected chi connectivity index (χ0v) is 15.1. The predicted octanol–water partition coefficient (Wildman–Crippen LogP) is 2.21. The van der Waals surface area contributed by atoms with Crippen molar-refractivity contribution in [3.8, 4) is 0 Å². The lowest BCUT2D eigenvalue weighted by Gasteiger charge is -2.28. The third-order valence-corrected chi connectivity index (χ3v) is 5.38. The van der Waals surface area contributed by atoms with Gasteiger partial charge < -0.3 is 15.2 Å². The molecule has 0 radical (unpaired) electrons. The number of benzene rings is 1. The average Bonchev–Trinajstić information content (AvgIpc) is 3.09. The Labute approximate surface area is 156 Å². The molecule has 2 amide bonds. The monoisotopic (exact) mass is 386 g/mol. The molecule has 4 rings (SSSR count). The van der Waals surface area contributed by atoms with E-state index in [0.29, 0.717) is 27.3 Å². The molecule has 1 atom stereocenters. The molecule has 138 valence electrons. The van der Waals surface area contributed by atoms with Crippen molar-refractivity contribution in [2.45, 2.75) is 18.9 Å². The lowest BCUT2D eigenvalue weighted by molar-refractivity contribution is -0.134. The SMILES string of the molecule is CN(Cc1nc2ccsc2c(=O)[nH]1)C(=O)[C@@H]1CC(=O)Nc2cc(F)ccc21. The summed E-state index contributed by atoms with van der Waals surface area (Å²) >= 11 is 1.30. The van der Waals surface area contributed by atoms with Gasteiger partial charge in [0.25, 0.3) is 5.56 Å². The molecule has 1 aromatic carbocycles. The molecule has 7 nitrogen and oxygen atoms in total. The van der Waals surface area contributed by atoms with Crippen LogP contribution in [0.1, 0.15) is 23.7 Å². The molecule has 0 aliphatic carbocycles. The fourth-order valence-corrected chi connectivity index (χ4v) is 3.95. The molecule has 27 heavy (non-hydrogen) atoms. The number of thiophene rings is 1. The van der Waals surface area contributed by atoms with E-state index in [1.54, 1.807) is 18.5 Å². The molecular formula is C18H15FN4O3S. The standard InChI is InChI=1S/C18H15FN4O3S/c1-23(8-14-20-12-4-5-27-16(12)17(25)22-14)18(26)11-7-15(24)21-13-6-9(19)2-3-10(11)13/h2-6,11H,7-8H2,1H3,(H,21,24)(H,20,22,25)/t11-/m1/s1. The van der Waals surface area contributed by atoms with Gasteiger partial charge in [-0.2, -0.15) is 0 Å². The number of hydrogen-bond acceptors (Lipinski definition) is 5. The van der Waals surface area contributed by atoms with Gasteiger partial charge in [-0.15, -0.1) is 11.3 Å². The van der Waals surface area contributed by atoms with Gasteiger partial charge in [-0.05, 0) is 29.1 Å². The fraction of sp³-hybridized carbons (Fsp3) is 0.222. The summed E-state index contributed by atoms with van der Waals surface area (Å²) < 4.78 is 14.0. The molecule has 0 bridgehead atoms. The highest BCUT2D eigenvalue weighted by atomic mass is 32.1. The highest BCUT2D eigenvalue weighted by Crippen LogP contribution is 2.34. The van der Waals surface area contributed by atoms with Crippen LogP contribution in [0.25, 0.3) is 10.2 Å². The minimum absolute atomic E-state index is 0.0185. The first-order chi connectivity index (χ1) is 12.9. The number of fused-ring (bicyclic) bond motifs is 2. The minimum atomic E-state index is -0.712. The van der Waals surface area contributed by atoms with E-state index >= 15 is 0 Å². The van der Waals surface area contributed by atoms with Crippen LogP contribution in [-0.4, -0.2) is 33.7 Å². The first kappa shape index (κ1) is 17.3. The third kappa shape index (κ3) is 3.21. The van der Waals surface area contributed by atoms with E-state index in [1.807, 2.05) is 0 Å². The number of nitrogens with zero attached hydrogens (tertiary/aromatic N) is 2. The topological polar surface area (TPSA) is 95.2 Å². The molecule has 1 aliphatic heterocycles. The number of aromatic nitrogens is 2. The Morgan fingerprint density at radius 3 is 3.00 bits per heavy atom. The molecule has 1 aliphatic rings. The van der Waals surface area contributed by atoms with Gasteiger partial charge in [0.05, 0.1) is 18.0 Å². The van der Waals surface area contributed by atoms with Crippen LogP contribution in [0.15, 0.2) is 34.4 Å². The van der Waals surface area contributed by atoms with E-state index in [2.05, 4.69) is 15.3 Å².